The van der Waals surface area contributed by atoms with E-state index in [-0.39, 0.29) is 29.8 Å². The first kappa shape index (κ1) is 22.6. The number of esters is 1. The highest BCUT2D eigenvalue weighted by atomic mass is 16.5. The zero-order valence-corrected chi connectivity index (χ0v) is 18.1. The molecule has 0 aliphatic rings. The third kappa shape index (κ3) is 5.65. The first-order valence-corrected chi connectivity index (χ1v) is 10.1. The lowest BCUT2D eigenvalue weighted by molar-refractivity contribution is -0.135. The normalized spacial score (nSPS) is 11.5. The summed E-state index contributed by atoms with van der Waals surface area (Å²) in [6, 6.07) is 6.58. The Morgan fingerprint density at radius 2 is 1.55 bits per heavy atom. The summed E-state index contributed by atoms with van der Waals surface area (Å²) < 4.78 is 6.58. The van der Waals surface area contributed by atoms with Crippen molar-refractivity contribution in [2.75, 3.05) is 19.7 Å². The Labute approximate surface area is 171 Å². The number of carbonyl (C=O) groups excluding carboxylic acids is 2. The van der Waals surface area contributed by atoms with E-state index in [1.807, 2.05) is 41.5 Å². The van der Waals surface area contributed by atoms with Gasteiger partial charge >= 0.3 is 5.97 Å². The van der Waals surface area contributed by atoms with Gasteiger partial charge in [0.2, 0.25) is 0 Å². The van der Waals surface area contributed by atoms with Gasteiger partial charge in [-0.05, 0) is 31.7 Å². The van der Waals surface area contributed by atoms with E-state index in [4.69, 9.17) is 4.74 Å². The van der Waals surface area contributed by atoms with E-state index in [2.05, 4.69) is 5.10 Å². The maximum absolute atomic E-state index is 12.7. The molecule has 0 unspecified atom stereocenters. The summed E-state index contributed by atoms with van der Waals surface area (Å²) in [5.41, 5.74) is -0.218. The molecule has 0 saturated carbocycles. The van der Waals surface area contributed by atoms with Crippen LogP contribution >= 0.6 is 0 Å². The maximum Gasteiger partial charge on any atom is 0.359 e. The standard InChI is InChI=1S/C22H31N3O4/c1-14(2)11-24(12-15(3)4)19(26)13-29-22(28)20-17-9-7-8-10-18(17)21(27)25(23-20)16(5)6/h7-10,14-16H,11-13H2,1-6H3. The highest BCUT2D eigenvalue weighted by Gasteiger charge is 2.22. The van der Waals surface area contributed by atoms with E-state index in [1.165, 1.54) is 4.68 Å². The van der Waals surface area contributed by atoms with E-state index < -0.39 is 5.97 Å². The van der Waals surface area contributed by atoms with Crippen molar-refractivity contribution in [2.24, 2.45) is 11.8 Å². The molecule has 0 aliphatic carbocycles. The van der Waals surface area contributed by atoms with Crippen molar-refractivity contribution in [3.8, 4) is 0 Å². The van der Waals surface area contributed by atoms with Gasteiger partial charge in [-0.2, -0.15) is 5.10 Å². The van der Waals surface area contributed by atoms with E-state index >= 15 is 0 Å². The number of benzene rings is 1. The average Bonchev–Trinajstić information content (AvgIpc) is 2.64. The molecule has 0 bridgehead atoms. The van der Waals surface area contributed by atoms with Gasteiger partial charge < -0.3 is 9.64 Å². The Kier molecular flexibility index (Phi) is 7.53. The molecule has 1 amide bonds. The number of aromatic nitrogens is 2. The van der Waals surface area contributed by atoms with Crippen molar-refractivity contribution in [2.45, 2.75) is 47.6 Å². The number of ether oxygens (including phenoxy) is 1. The summed E-state index contributed by atoms with van der Waals surface area (Å²) >= 11 is 0. The average molecular weight is 402 g/mol. The van der Waals surface area contributed by atoms with Crippen LogP contribution in [-0.2, 0) is 9.53 Å². The topological polar surface area (TPSA) is 81.5 Å². The van der Waals surface area contributed by atoms with Crippen LogP contribution in [0.2, 0.25) is 0 Å². The fraction of sp³-hybridized carbons (Fsp3) is 0.545. The third-order valence-corrected chi connectivity index (χ3v) is 4.36. The molecule has 1 aromatic heterocycles. The quantitative estimate of drug-likeness (QED) is 0.634. The van der Waals surface area contributed by atoms with Crippen molar-refractivity contribution in [1.82, 2.24) is 14.7 Å². The van der Waals surface area contributed by atoms with Gasteiger partial charge in [-0.15, -0.1) is 0 Å². The number of rotatable bonds is 8. The number of carbonyl (C=O) groups is 2. The zero-order valence-electron chi connectivity index (χ0n) is 18.1. The zero-order chi connectivity index (χ0) is 21.7. The van der Waals surface area contributed by atoms with Crippen LogP contribution in [0.1, 0.15) is 58.1 Å². The summed E-state index contributed by atoms with van der Waals surface area (Å²) in [7, 11) is 0. The van der Waals surface area contributed by atoms with Gasteiger partial charge in [0.25, 0.3) is 11.5 Å². The van der Waals surface area contributed by atoms with Crippen LogP contribution in [0, 0.1) is 11.8 Å². The molecule has 0 N–H and O–H groups in total. The minimum Gasteiger partial charge on any atom is -0.451 e. The predicted molar refractivity (Wildman–Crippen MR) is 113 cm³/mol. The summed E-state index contributed by atoms with van der Waals surface area (Å²) in [4.78, 5) is 39.7. The molecule has 2 aromatic rings. The van der Waals surface area contributed by atoms with E-state index in [0.717, 1.165) is 0 Å². The van der Waals surface area contributed by atoms with Gasteiger partial charge in [0.15, 0.2) is 12.3 Å². The van der Waals surface area contributed by atoms with Gasteiger partial charge in [0.05, 0.1) is 11.4 Å². The van der Waals surface area contributed by atoms with Gasteiger partial charge in [0, 0.05) is 18.5 Å². The van der Waals surface area contributed by atoms with E-state index in [9.17, 15) is 14.4 Å². The molecule has 1 aromatic carbocycles. The van der Waals surface area contributed by atoms with Crippen LogP contribution in [0.3, 0.4) is 0 Å². The summed E-state index contributed by atoms with van der Waals surface area (Å²) in [6.45, 7) is 12.7. The van der Waals surface area contributed by atoms with Crippen LogP contribution in [0.5, 0.6) is 0 Å². The van der Waals surface area contributed by atoms with Gasteiger partial charge in [-0.3, -0.25) is 9.59 Å². The second kappa shape index (κ2) is 9.67. The first-order valence-electron chi connectivity index (χ1n) is 10.1. The Hall–Kier alpha value is -2.70. The van der Waals surface area contributed by atoms with E-state index in [1.54, 1.807) is 29.2 Å². The summed E-state index contributed by atoms with van der Waals surface area (Å²) in [5.74, 6) is -0.317. The fourth-order valence-corrected chi connectivity index (χ4v) is 3.15. The van der Waals surface area contributed by atoms with Crippen LogP contribution in [0.4, 0.5) is 0 Å². The molecule has 0 fully saturated rings. The Bertz CT molecular complexity index is 921. The monoisotopic (exact) mass is 401 g/mol. The van der Waals surface area contributed by atoms with Gasteiger partial charge in [-0.1, -0.05) is 45.9 Å². The van der Waals surface area contributed by atoms with Crippen molar-refractivity contribution in [3.05, 3.63) is 40.3 Å². The molecule has 0 atom stereocenters. The minimum atomic E-state index is -0.710. The van der Waals surface area contributed by atoms with Crippen LogP contribution in [0.15, 0.2) is 29.1 Å². The summed E-state index contributed by atoms with van der Waals surface area (Å²) in [6.07, 6.45) is 0. The second-order valence-corrected chi connectivity index (χ2v) is 8.40. The number of fused-ring (bicyclic) bond motifs is 1. The molecular weight excluding hydrogens is 370 g/mol. The molecule has 1 heterocycles. The third-order valence-electron chi connectivity index (χ3n) is 4.36. The maximum atomic E-state index is 12.7. The highest BCUT2D eigenvalue weighted by Crippen LogP contribution is 2.16. The fourth-order valence-electron chi connectivity index (χ4n) is 3.15. The Morgan fingerprint density at radius 3 is 2.07 bits per heavy atom. The molecule has 158 valence electrons. The lowest BCUT2D eigenvalue weighted by atomic mass is 10.1. The Morgan fingerprint density at radius 1 is 1.00 bits per heavy atom. The van der Waals surface area contributed by atoms with Crippen molar-refractivity contribution >= 4 is 22.6 Å². The largest absolute Gasteiger partial charge is 0.451 e. The van der Waals surface area contributed by atoms with Crippen LogP contribution < -0.4 is 5.56 Å². The molecule has 0 spiro atoms. The van der Waals surface area contributed by atoms with Crippen LogP contribution in [-0.4, -0.2) is 46.3 Å². The first-order chi connectivity index (χ1) is 13.6. The van der Waals surface area contributed by atoms with Crippen molar-refractivity contribution in [1.29, 1.82) is 0 Å². The Balaban J connectivity index is 2.26. The number of hydrogen-bond donors (Lipinski definition) is 0. The number of hydrogen-bond acceptors (Lipinski definition) is 5. The highest BCUT2D eigenvalue weighted by molar-refractivity contribution is 6.02. The smallest absolute Gasteiger partial charge is 0.359 e. The number of amides is 1. The number of nitrogens with zero attached hydrogens (tertiary/aromatic N) is 3. The summed E-state index contributed by atoms with van der Waals surface area (Å²) in [5, 5.41) is 5.05. The second-order valence-electron chi connectivity index (χ2n) is 8.40. The van der Waals surface area contributed by atoms with E-state index in [0.29, 0.717) is 35.7 Å². The molecule has 7 heteroatoms. The predicted octanol–water partition coefficient (Wildman–Crippen LogP) is 3.27. The molecular formula is C22H31N3O4. The molecule has 0 radical (unpaired) electrons. The molecule has 29 heavy (non-hydrogen) atoms. The van der Waals surface area contributed by atoms with Crippen molar-refractivity contribution < 1.29 is 14.3 Å². The van der Waals surface area contributed by atoms with Crippen molar-refractivity contribution in [3.63, 3.8) is 0 Å². The SMILES string of the molecule is CC(C)CN(CC(C)C)C(=O)COC(=O)c1nn(C(C)C)c(=O)c2ccccc12. The molecule has 7 nitrogen and oxygen atoms in total. The van der Waals surface area contributed by atoms with Gasteiger partial charge in [-0.25, -0.2) is 9.48 Å². The molecule has 0 aliphatic heterocycles. The minimum absolute atomic E-state index is 0.0426. The van der Waals surface area contributed by atoms with Gasteiger partial charge in [0.1, 0.15) is 0 Å². The lowest BCUT2D eigenvalue weighted by Crippen LogP contribution is -2.39. The molecule has 2 rings (SSSR count). The molecule has 0 saturated heterocycles. The van der Waals surface area contributed by atoms with Crippen LogP contribution in [0.25, 0.3) is 10.8 Å². The lowest BCUT2D eigenvalue weighted by Gasteiger charge is -2.26.